The third-order valence-electron chi connectivity index (χ3n) is 4.27. The van der Waals surface area contributed by atoms with Gasteiger partial charge < -0.3 is 4.74 Å². The maximum absolute atomic E-state index is 12.6. The minimum absolute atomic E-state index is 0.266. The van der Waals surface area contributed by atoms with Crippen LogP contribution in [0.1, 0.15) is 12.8 Å². The van der Waals surface area contributed by atoms with Crippen molar-refractivity contribution in [2.24, 2.45) is 5.92 Å². The van der Waals surface area contributed by atoms with Gasteiger partial charge in [0.05, 0.1) is 15.8 Å². The SMILES string of the molecule is O=C(Oc1ccc(Br)cc1Cl)C1CCN(S(=O)(=O)c2ccccc2)CC1. The molecule has 0 aromatic heterocycles. The van der Waals surface area contributed by atoms with E-state index >= 15 is 0 Å². The number of benzene rings is 2. The second kappa shape index (κ2) is 8.08. The van der Waals surface area contributed by atoms with E-state index in [0.717, 1.165) is 4.47 Å². The highest BCUT2D eigenvalue weighted by molar-refractivity contribution is 9.10. The first-order valence-corrected chi connectivity index (χ1v) is 10.7. The molecule has 3 rings (SSSR count). The lowest BCUT2D eigenvalue weighted by Gasteiger charge is -2.30. The Morgan fingerprint density at radius 2 is 1.77 bits per heavy atom. The number of esters is 1. The lowest BCUT2D eigenvalue weighted by molar-refractivity contribution is -0.140. The molecule has 8 heteroatoms. The maximum Gasteiger partial charge on any atom is 0.314 e. The van der Waals surface area contributed by atoms with Gasteiger partial charge in [0.25, 0.3) is 0 Å². The Hall–Kier alpha value is -1.41. The standard InChI is InChI=1S/C18H17BrClNO4S/c19-14-6-7-17(16(20)12-14)25-18(22)13-8-10-21(11-9-13)26(23,24)15-4-2-1-3-5-15/h1-7,12-13H,8-11H2. The topological polar surface area (TPSA) is 63.7 Å². The molecule has 26 heavy (non-hydrogen) atoms. The molecule has 2 aromatic carbocycles. The van der Waals surface area contributed by atoms with E-state index in [2.05, 4.69) is 15.9 Å². The molecule has 1 aliphatic heterocycles. The highest BCUT2D eigenvalue weighted by atomic mass is 79.9. The number of ether oxygens (including phenoxy) is 1. The molecule has 1 fully saturated rings. The summed E-state index contributed by atoms with van der Waals surface area (Å²) >= 11 is 9.36. The van der Waals surface area contributed by atoms with Crippen molar-refractivity contribution in [2.45, 2.75) is 17.7 Å². The van der Waals surface area contributed by atoms with E-state index in [0.29, 0.717) is 23.6 Å². The Balaban J connectivity index is 1.62. The number of hydrogen-bond donors (Lipinski definition) is 0. The molecular weight excluding hydrogens is 442 g/mol. The minimum atomic E-state index is -3.53. The Kier molecular flexibility index (Phi) is 6.02. The third-order valence-corrected chi connectivity index (χ3v) is 6.97. The minimum Gasteiger partial charge on any atom is -0.425 e. The van der Waals surface area contributed by atoms with Crippen LogP contribution in [0, 0.1) is 5.92 Å². The molecule has 0 saturated carbocycles. The average Bonchev–Trinajstić information content (AvgIpc) is 2.65. The summed E-state index contributed by atoms with van der Waals surface area (Å²) in [5.41, 5.74) is 0. The van der Waals surface area contributed by atoms with E-state index in [-0.39, 0.29) is 29.9 Å². The molecule has 1 saturated heterocycles. The van der Waals surface area contributed by atoms with E-state index in [1.54, 1.807) is 48.5 Å². The van der Waals surface area contributed by atoms with Gasteiger partial charge in [0.1, 0.15) is 5.75 Å². The lowest BCUT2D eigenvalue weighted by Crippen LogP contribution is -2.41. The summed E-state index contributed by atoms with van der Waals surface area (Å²) in [6, 6.07) is 13.3. The number of halogens is 2. The van der Waals surface area contributed by atoms with Gasteiger partial charge in [0, 0.05) is 17.6 Å². The molecule has 0 amide bonds. The lowest BCUT2D eigenvalue weighted by atomic mass is 9.98. The quantitative estimate of drug-likeness (QED) is 0.511. The van der Waals surface area contributed by atoms with Gasteiger partial charge in [-0.1, -0.05) is 45.7 Å². The number of carbonyl (C=O) groups excluding carboxylic acids is 1. The Bertz CT molecular complexity index is 897. The van der Waals surface area contributed by atoms with Crippen LogP contribution in [0.5, 0.6) is 5.75 Å². The van der Waals surface area contributed by atoms with Crippen LogP contribution in [0.25, 0.3) is 0 Å². The van der Waals surface area contributed by atoms with Crippen LogP contribution < -0.4 is 4.74 Å². The van der Waals surface area contributed by atoms with E-state index in [1.807, 2.05) is 0 Å². The molecule has 0 spiro atoms. The zero-order chi connectivity index (χ0) is 18.7. The number of rotatable bonds is 4. The molecule has 138 valence electrons. The van der Waals surface area contributed by atoms with Crippen molar-refractivity contribution in [3.63, 3.8) is 0 Å². The van der Waals surface area contributed by atoms with Crippen molar-refractivity contribution in [1.29, 1.82) is 0 Å². The second-order valence-corrected chi connectivity index (χ2v) is 9.25. The fourth-order valence-corrected chi connectivity index (χ4v) is 5.03. The van der Waals surface area contributed by atoms with E-state index < -0.39 is 10.0 Å². The molecule has 5 nitrogen and oxygen atoms in total. The fourth-order valence-electron chi connectivity index (χ4n) is 2.82. The average molecular weight is 459 g/mol. The van der Waals surface area contributed by atoms with Crippen LogP contribution in [0.15, 0.2) is 57.9 Å². The molecule has 0 bridgehead atoms. The number of hydrogen-bond acceptors (Lipinski definition) is 4. The second-order valence-electron chi connectivity index (χ2n) is 5.99. The fraction of sp³-hybridized carbons (Fsp3) is 0.278. The Labute approximate surface area is 166 Å². The number of nitrogens with zero attached hydrogens (tertiary/aromatic N) is 1. The van der Waals surface area contributed by atoms with Gasteiger partial charge in [-0.15, -0.1) is 0 Å². The van der Waals surface area contributed by atoms with Gasteiger partial charge in [-0.25, -0.2) is 8.42 Å². The summed E-state index contributed by atoms with van der Waals surface area (Å²) in [5.74, 6) is -0.429. The van der Waals surface area contributed by atoms with Crippen LogP contribution in [0.4, 0.5) is 0 Å². The smallest absolute Gasteiger partial charge is 0.314 e. The van der Waals surface area contributed by atoms with Gasteiger partial charge in [-0.05, 0) is 43.2 Å². The Morgan fingerprint density at radius 1 is 1.12 bits per heavy atom. The van der Waals surface area contributed by atoms with Crippen molar-refractivity contribution < 1.29 is 17.9 Å². The van der Waals surface area contributed by atoms with Crippen molar-refractivity contribution in [3.8, 4) is 5.75 Å². The Morgan fingerprint density at radius 3 is 2.38 bits per heavy atom. The summed E-state index contributed by atoms with van der Waals surface area (Å²) < 4.78 is 32.8. The van der Waals surface area contributed by atoms with Crippen molar-refractivity contribution >= 4 is 43.5 Å². The highest BCUT2D eigenvalue weighted by Crippen LogP contribution is 2.30. The summed E-state index contributed by atoms with van der Waals surface area (Å²) in [6.07, 6.45) is 0.831. The predicted molar refractivity (Wildman–Crippen MR) is 103 cm³/mol. The molecule has 1 aliphatic rings. The molecule has 0 unspecified atom stereocenters. The zero-order valence-electron chi connectivity index (χ0n) is 13.8. The first kappa shape index (κ1) is 19.4. The molecule has 0 atom stereocenters. The van der Waals surface area contributed by atoms with Crippen LogP contribution in [-0.4, -0.2) is 31.8 Å². The van der Waals surface area contributed by atoms with Crippen molar-refractivity contribution in [1.82, 2.24) is 4.31 Å². The van der Waals surface area contributed by atoms with Gasteiger partial charge in [0.2, 0.25) is 10.0 Å². The maximum atomic E-state index is 12.6. The molecular formula is C18H17BrClNO4S. The number of piperidine rings is 1. The van der Waals surface area contributed by atoms with E-state index in [4.69, 9.17) is 16.3 Å². The van der Waals surface area contributed by atoms with Gasteiger partial charge in [0.15, 0.2) is 0 Å². The summed E-state index contributed by atoms with van der Waals surface area (Å²) in [5, 5.41) is 0.344. The molecule has 0 radical (unpaired) electrons. The summed E-state index contributed by atoms with van der Waals surface area (Å²) in [6.45, 7) is 0.566. The zero-order valence-corrected chi connectivity index (χ0v) is 16.9. The number of carbonyl (C=O) groups is 1. The van der Waals surface area contributed by atoms with E-state index in [1.165, 1.54) is 4.31 Å². The van der Waals surface area contributed by atoms with Gasteiger partial charge in [-0.2, -0.15) is 4.31 Å². The third kappa shape index (κ3) is 4.28. The van der Waals surface area contributed by atoms with Gasteiger partial charge >= 0.3 is 5.97 Å². The van der Waals surface area contributed by atoms with Crippen LogP contribution in [-0.2, 0) is 14.8 Å². The van der Waals surface area contributed by atoms with Crippen LogP contribution >= 0.6 is 27.5 Å². The first-order valence-electron chi connectivity index (χ1n) is 8.10. The normalized spacial score (nSPS) is 16.4. The highest BCUT2D eigenvalue weighted by Gasteiger charge is 2.33. The summed E-state index contributed by atoms with van der Waals surface area (Å²) in [4.78, 5) is 12.6. The summed E-state index contributed by atoms with van der Waals surface area (Å²) in [7, 11) is -3.53. The number of sulfonamides is 1. The molecule has 2 aromatic rings. The molecule has 1 heterocycles. The predicted octanol–water partition coefficient (Wildman–Crippen LogP) is 4.11. The van der Waals surface area contributed by atoms with Crippen LogP contribution in [0.2, 0.25) is 5.02 Å². The van der Waals surface area contributed by atoms with E-state index in [9.17, 15) is 13.2 Å². The first-order chi connectivity index (χ1) is 12.4. The van der Waals surface area contributed by atoms with Gasteiger partial charge in [-0.3, -0.25) is 4.79 Å². The molecule has 0 aliphatic carbocycles. The molecule has 0 N–H and O–H groups in total. The van der Waals surface area contributed by atoms with Crippen LogP contribution in [0.3, 0.4) is 0 Å². The van der Waals surface area contributed by atoms with Crippen molar-refractivity contribution in [2.75, 3.05) is 13.1 Å². The largest absolute Gasteiger partial charge is 0.425 e. The van der Waals surface area contributed by atoms with Crippen molar-refractivity contribution in [3.05, 3.63) is 58.0 Å². The monoisotopic (exact) mass is 457 g/mol.